The lowest BCUT2D eigenvalue weighted by Gasteiger charge is -2.33. The number of para-hydroxylation sites is 1. The van der Waals surface area contributed by atoms with Gasteiger partial charge in [0.25, 0.3) is 0 Å². The van der Waals surface area contributed by atoms with Crippen molar-refractivity contribution in [3.63, 3.8) is 0 Å². The summed E-state index contributed by atoms with van der Waals surface area (Å²) in [4.78, 5) is 13.9. The lowest BCUT2D eigenvalue weighted by Crippen LogP contribution is -2.36. The van der Waals surface area contributed by atoms with Crippen LogP contribution >= 0.6 is 0 Å². The van der Waals surface area contributed by atoms with E-state index in [1.54, 1.807) is 12.1 Å². The Kier molecular flexibility index (Phi) is 4.56. The Balaban J connectivity index is 2.45. The molecule has 2 rings (SSSR count). The molecule has 0 bridgehead atoms. The summed E-state index contributed by atoms with van der Waals surface area (Å²) >= 11 is 0. The minimum atomic E-state index is -0.270. The Hall–Kier alpha value is -1.38. The minimum Gasteiger partial charge on any atom is -0.366 e. The quantitative estimate of drug-likeness (QED) is 0.762. The van der Waals surface area contributed by atoms with Crippen LogP contribution < -0.4 is 4.90 Å². The number of hydrogen-bond acceptors (Lipinski definition) is 2. The van der Waals surface area contributed by atoms with Crippen LogP contribution in [0.1, 0.15) is 56.3 Å². The van der Waals surface area contributed by atoms with Gasteiger partial charge in [-0.3, -0.25) is 4.79 Å². The van der Waals surface area contributed by atoms with Crippen LogP contribution in [0.4, 0.5) is 10.1 Å². The lowest BCUT2D eigenvalue weighted by atomic mass is 10.0. The molecule has 19 heavy (non-hydrogen) atoms. The molecule has 2 nitrogen and oxygen atoms in total. The molecular formula is C16H22FNO. The van der Waals surface area contributed by atoms with E-state index in [0.29, 0.717) is 17.3 Å². The number of benzene rings is 1. The van der Waals surface area contributed by atoms with Crippen LogP contribution in [0, 0.1) is 5.82 Å². The predicted molar refractivity (Wildman–Crippen MR) is 76.3 cm³/mol. The Bertz CT molecular complexity index is 458. The van der Waals surface area contributed by atoms with E-state index in [-0.39, 0.29) is 11.6 Å². The van der Waals surface area contributed by atoms with Gasteiger partial charge < -0.3 is 4.90 Å². The van der Waals surface area contributed by atoms with Gasteiger partial charge in [-0.1, -0.05) is 25.8 Å². The summed E-state index contributed by atoms with van der Waals surface area (Å²) in [5.41, 5.74) is 1.03. The van der Waals surface area contributed by atoms with E-state index >= 15 is 0 Å². The molecule has 1 aliphatic heterocycles. The first-order valence-electron chi connectivity index (χ1n) is 7.21. The molecule has 0 saturated carbocycles. The fourth-order valence-electron chi connectivity index (χ4n) is 2.99. The van der Waals surface area contributed by atoms with E-state index < -0.39 is 0 Å². The topological polar surface area (TPSA) is 20.3 Å². The van der Waals surface area contributed by atoms with Crippen LogP contribution in [0.3, 0.4) is 0 Å². The van der Waals surface area contributed by atoms with Crippen molar-refractivity contribution in [3.05, 3.63) is 29.6 Å². The molecule has 1 atom stereocenters. The fraction of sp³-hybridized carbons (Fsp3) is 0.562. The van der Waals surface area contributed by atoms with Crippen LogP contribution in [0.2, 0.25) is 0 Å². The summed E-state index contributed by atoms with van der Waals surface area (Å²) in [6, 6.07) is 5.16. The highest BCUT2D eigenvalue weighted by atomic mass is 19.1. The third-order valence-electron chi connectivity index (χ3n) is 4.00. The molecular weight excluding hydrogens is 241 g/mol. The summed E-state index contributed by atoms with van der Waals surface area (Å²) in [5, 5.41) is 0. The predicted octanol–water partition coefficient (Wildman–Crippen LogP) is 4.19. The maximum Gasteiger partial charge on any atom is 0.161 e. The van der Waals surface area contributed by atoms with Gasteiger partial charge in [0.05, 0.1) is 5.69 Å². The summed E-state index contributed by atoms with van der Waals surface area (Å²) in [7, 11) is 0. The van der Waals surface area contributed by atoms with Gasteiger partial charge in [0.1, 0.15) is 5.82 Å². The number of nitrogens with zero attached hydrogens (tertiary/aromatic N) is 1. The van der Waals surface area contributed by atoms with Gasteiger partial charge >= 0.3 is 0 Å². The molecule has 0 amide bonds. The molecule has 0 aromatic heterocycles. The number of halogens is 1. The summed E-state index contributed by atoms with van der Waals surface area (Å²) in [6.45, 7) is 4.49. The van der Waals surface area contributed by atoms with E-state index in [9.17, 15) is 9.18 Å². The average molecular weight is 263 g/mol. The van der Waals surface area contributed by atoms with E-state index in [1.165, 1.54) is 25.8 Å². The number of anilines is 1. The second-order valence-corrected chi connectivity index (χ2v) is 5.30. The molecule has 0 N–H and O–H groups in total. The maximum atomic E-state index is 14.2. The van der Waals surface area contributed by atoms with Crippen molar-refractivity contribution in [2.75, 3.05) is 11.4 Å². The van der Waals surface area contributed by atoms with Crippen molar-refractivity contribution in [2.24, 2.45) is 0 Å². The molecule has 1 aliphatic rings. The molecule has 0 radical (unpaired) electrons. The van der Waals surface area contributed by atoms with Crippen molar-refractivity contribution in [2.45, 2.75) is 52.0 Å². The normalized spacial score (nSPS) is 20.2. The Morgan fingerprint density at radius 1 is 1.37 bits per heavy atom. The summed E-state index contributed by atoms with van der Waals surface area (Å²) in [6.07, 6.45) is 5.53. The third kappa shape index (κ3) is 2.96. The molecule has 3 heteroatoms. The molecule has 1 unspecified atom stereocenters. The first-order chi connectivity index (χ1) is 9.15. The first-order valence-corrected chi connectivity index (χ1v) is 7.21. The van der Waals surface area contributed by atoms with E-state index in [4.69, 9.17) is 0 Å². The third-order valence-corrected chi connectivity index (χ3v) is 4.00. The van der Waals surface area contributed by atoms with Crippen LogP contribution in [-0.4, -0.2) is 18.4 Å². The van der Waals surface area contributed by atoms with Crippen molar-refractivity contribution in [3.8, 4) is 0 Å². The zero-order valence-corrected chi connectivity index (χ0v) is 11.8. The fourth-order valence-corrected chi connectivity index (χ4v) is 2.99. The van der Waals surface area contributed by atoms with Crippen LogP contribution in [-0.2, 0) is 0 Å². The highest BCUT2D eigenvalue weighted by Crippen LogP contribution is 2.31. The summed E-state index contributed by atoms with van der Waals surface area (Å²) in [5.74, 6) is -0.332. The molecule has 1 fully saturated rings. The zero-order valence-electron chi connectivity index (χ0n) is 11.8. The standard InChI is InChI=1S/C16H22FNO/c1-3-13-8-5-4-6-11-18(13)16-14(12(2)19)9-7-10-15(16)17/h7,9-10,13H,3-6,8,11H2,1-2H3. The number of ketones is 1. The van der Waals surface area contributed by atoms with E-state index in [2.05, 4.69) is 11.8 Å². The van der Waals surface area contributed by atoms with Crippen molar-refractivity contribution in [1.29, 1.82) is 0 Å². The monoisotopic (exact) mass is 263 g/mol. The van der Waals surface area contributed by atoms with Gasteiger partial charge in [0.15, 0.2) is 5.78 Å². The Labute approximate surface area is 114 Å². The second-order valence-electron chi connectivity index (χ2n) is 5.30. The van der Waals surface area contributed by atoms with E-state index in [1.807, 2.05) is 0 Å². The Morgan fingerprint density at radius 2 is 2.16 bits per heavy atom. The van der Waals surface area contributed by atoms with Gasteiger partial charge in [0.2, 0.25) is 0 Å². The van der Waals surface area contributed by atoms with Crippen LogP contribution in [0.15, 0.2) is 18.2 Å². The largest absolute Gasteiger partial charge is 0.366 e. The number of carbonyl (C=O) groups excluding carboxylic acids is 1. The first kappa shape index (κ1) is 14.0. The maximum absolute atomic E-state index is 14.2. The summed E-state index contributed by atoms with van der Waals surface area (Å²) < 4.78 is 14.2. The number of Topliss-reactive ketones (excluding diaryl/α,β-unsaturated/α-hetero) is 1. The van der Waals surface area contributed by atoms with Gasteiger partial charge in [0, 0.05) is 18.2 Å². The lowest BCUT2D eigenvalue weighted by molar-refractivity contribution is 0.101. The van der Waals surface area contributed by atoms with Crippen LogP contribution in [0.5, 0.6) is 0 Å². The molecule has 104 valence electrons. The van der Waals surface area contributed by atoms with E-state index in [0.717, 1.165) is 25.8 Å². The van der Waals surface area contributed by atoms with Gasteiger partial charge in [-0.25, -0.2) is 4.39 Å². The molecule has 1 saturated heterocycles. The van der Waals surface area contributed by atoms with Crippen molar-refractivity contribution >= 4 is 11.5 Å². The number of rotatable bonds is 3. The zero-order chi connectivity index (χ0) is 13.8. The highest BCUT2D eigenvalue weighted by Gasteiger charge is 2.25. The molecule has 1 heterocycles. The highest BCUT2D eigenvalue weighted by molar-refractivity contribution is 5.99. The van der Waals surface area contributed by atoms with Gasteiger partial charge in [-0.15, -0.1) is 0 Å². The SMILES string of the molecule is CCC1CCCCCN1c1c(F)cccc1C(C)=O. The smallest absolute Gasteiger partial charge is 0.161 e. The Morgan fingerprint density at radius 3 is 2.84 bits per heavy atom. The van der Waals surface area contributed by atoms with Crippen molar-refractivity contribution in [1.82, 2.24) is 0 Å². The average Bonchev–Trinajstić information content (AvgIpc) is 2.63. The second kappa shape index (κ2) is 6.18. The van der Waals surface area contributed by atoms with Crippen LogP contribution in [0.25, 0.3) is 0 Å². The molecule has 0 aliphatic carbocycles. The number of hydrogen-bond donors (Lipinski definition) is 0. The van der Waals surface area contributed by atoms with Crippen molar-refractivity contribution < 1.29 is 9.18 Å². The van der Waals surface area contributed by atoms with Gasteiger partial charge in [-0.05, 0) is 38.3 Å². The molecule has 1 aromatic carbocycles. The minimum absolute atomic E-state index is 0.0615. The molecule has 0 spiro atoms. The van der Waals surface area contributed by atoms with Gasteiger partial charge in [-0.2, -0.15) is 0 Å². The number of carbonyl (C=O) groups is 1. The molecule has 1 aromatic rings.